The third-order valence-corrected chi connectivity index (χ3v) is 4.06. The Morgan fingerprint density at radius 2 is 2.28 bits per heavy atom. The summed E-state index contributed by atoms with van der Waals surface area (Å²) in [6, 6.07) is 8.18. The van der Waals surface area contributed by atoms with E-state index in [1.165, 1.54) is 32.1 Å². The van der Waals surface area contributed by atoms with Crippen LogP contribution in [-0.2, 0) is 0 Å². The van der Waals surface area contributed by atoms with E-state index in [0.717, 1.165) is 11.6 Å². The Bertz CT molecular complexity index is 450. The molecule has 96 valence electrons. The second-order valence-corrected chi connectivity index (χ2v) is 5.52. The van der Waals surface area contributed by atoms with Crippen molar-refractivity contribution in [3.05, 3.63) is 28.8 Å². The van der Waals surface area contributed by atoms with Crippen LogP contribution in [0.3, 0.4) is 0 Å². The van der Waals surface area contributed by atoms with Crippen molar-refractivity contribution in [2.45, 2.75) is 45.1 Å². The summed E-state index contributed by atoms with van der Waals surface area (Å²) >= 11 is 5.91. The minimum absolute atomic E-state index is 0.497. The minimum atomic E-state index is 0.497. The molecule has 0 aliphatic heterocycles. The SMILES string of the molecule is CCC1CCCC(Nc2ccc(Cl)cc2C#N)C1. The van der Waals surface area contributed by atoms with Crippen LogP contribution < -0.4 is 5.32 Å². The Kier molecular flexibility index (Phi) is 4.49. The zero-order valence-corrected chi connectivity index (χ0v) is 11.5. The molecule has 1 aromatic carbocycles. The number of nitriles is 1. The fourth-order valence-corrected chi connectivity index (χ4v) is 2.92. The highest BCUT2D eigenvalue weighted by atomic mass is 35.5. The first-order chi connectivity index (χ1) is 8.72. The molecule has 1 aliphatic rings. The summed E-state index contributed by atoms with van der Waals surface area (Å²) < 4.78 is 0. The fourth-order valence-electron chi connectivity index (χ4n) is 2.75. The molecule has 1 N–H and O–H groups in total. The highest BCUT2D eigenvalue weighted by Gasteiger charge is 2.21. The Balaban J connectivity index is 2.07. The maximum Gasteiger partial charge on any atom is 0.101 e. The molecule has 1 aliphatic carbocycles. The average Bonchev–Trinajstić information content (AvgIpc) is 2.41. The van der Waals surface area contributed by atoms with Gasteiger partial charge in [0.1, 0.15) is 6.07 Å². The van der Waals surface area contributed by atoms with Crippen molar-refractivity contribution in [3.8, 4) is 6.07 Å². The van der Waals surface area contributed by atoms with Crippen LogP contribution in [0.1, 0.15) is 44.6 Å². The largest absolute Gasteiger partial charge is 0.381 e. The highest BCUT2D eigenvalue weighted by molar-refractivity contribution is 6.30. The number of rotatable bonds is 3. The standard InChI is InChI=1S/C15H19ClN2/c1-2-11-4-3-5-14(8-11)18-15-7-6-13(16)9-12(15)10-17/h6-7,9,11,14,18H,2-5,8H2,1H3. The monoisotopic (exact) mass is 262 g/mol. The van der Waals surface area contributed by atoms with Gasteiger partial charge in [0, 0.05) is 11.1 Å². The van der Waals surface area contributed by atoms with Crippen LogP contribution in [0.15, 0.2) is 18.2 Å². The maximum atomic E-state index is 9.12. The van der Waals surface area contributed by atoms with Gasteiger partial charge in [-0.05, 0) is 37.0 Å². The van der Waals surface area contributed by atoms with Crippen LogP contribution in [0.4, 0.5) is 5.69 Å². The molecular weight excluding hydrogens is 244 g/mol. The van der Waals surface area contributed by atoms with Gasteiger partial charge in [0.05, 0.1) is 11.3 Å². The summed E-state index contributed by atoms with van der Waals surface area (Å²) in [6.07, 6.45) is 6.30. The summed E-state index contributed by atoms with van der Waals surface area (Å²) in [4.78, 5) is 0. The Morgan fingerprint density at radius 3 is 3.00 bits per heavy atom. The van der Waals surface area contributed by atoms with Gasteiger partial charge < -0.3 is 5.32 Å². The molecule has 0 heterocycles. The molecule has 0 bridgehead atoms. The molecule has 18 heavy (non-hydrogen) atoms. The van der Waals surface area contributed by atoms with Gasteiger partial charge in [-0.15, -0.1) is 0 Å². The van der Waals surface area contributed by atoms with E-state index in [-0.39, 0.29) is 0 Å². The number of halogens is 1. The summed E-state index contributed by atoms with van der Waals surface area (Å²) in [5, 5.41) is 13.3. The first kappa shape index (κ1) is 13.2. The topological polar surface area (TPSA) is 35.8 Å². The molecule has 2 unspecified atom stereocenters. The predicted octanol–water partition coefficient (Wildman–Crippen LogP) is 4.59. The Morgan fingerprint density at radius 1 is 1.44 bits per heavy atom. The van der Waals surface area contributed by atoms with E-state index in [2.05, 4.69) is 18.3 Å². The number of anilines is 1. The molecule has 1 aromatic rings. The third kappa shape index (κ3) is 3.17. The smallest absolute Gasteiger partial charge is 0.101 e. The van der Waals surface area contributed by atoms with Gasteiger partial charge in [-0.1, -0.05) is 37.8 Å². The summed E-state index contributed by atoms with van der Waals surface area (Å²) in [5.41, 5.74) is 1.56. The molecule has 0 aromatic heterocycles. The number of nitrogens with one attached hydrogen (secondary N) is 1. The van der Waals surface area contributed by atoms with Crippen molar-refractivity contribution in [3.63, 3.8) is 0 Å². The van der Waals surface area contributed by atoms with Gasteiger partial charge in [0.2, 0.25) is 0 Å². The number of hydrogen-bond donors (Lipinski definition) is 1. The minimum Gasteiger partial charge on any atom is -0.381 e. The van der Waals surface area contributed by atoms with Gasteiger partial charge in [-0.2, -0.15) is 5.26 Å². The molecule has 0 saturated heterocycles. The lowest BCUT2D eigenvalue weighted by atomic mass is 9.84. The highest BCUT2D eigenvalue weighted by Crippen LogP contribution is 2.30. The molecule has 1 fully saturated rings. The molecule has 1 saturated carbocycles. The zero-order valence-electron chi connectivity index (χ0n) is 10.7. The van der Waals surface area contributed by atoms with Crippen molar-refractivity contribution in [2.24, 2.45) is 5.92 Å². The van der Waals surface area contributed by atoms with Gasteiger partial charge in [-0.3, -0.25) is 0 Å². The lowest BCUT2D eigenvalue weighted by molar-refractivity contribution is 0.327. The van der Waals surface area contributed by atoms with Gasteiger partial charge >= 0.3 is 0 Å². The predicted molar refractivity (Wildman–Crippen MR) is 75.8 cm³/mol. The van der Waals surface area contributed by atoms with Crippen LogP contribution in [-0.4, -0.2) is 6.04 Å². The normalized spacial score (nSPS) is 23.4. The van der Waals surface area contributed by atoms with E-state index in [1.807, 2.05) is 12.1 Å². The number of benzene rings is 1. The molecular formula is C15H19ClN2. The van der Waals surface area contributed by atoms with E-state index in [4.69, 9.17) is 16.9 Å². The van der Waals surface area contributed by atoms with Crippen molar-refractivity contribution in [2.75, 3.05) is 5.32 Å². The quantitative estimate of drug-likeness (QED) is 0.865. The van der Waals surface area contributed by atoms with Crippen LogP contribution in [0.2, 0.25) is 5.02 Å². The van der Waals surface area contributed by atoms with Gasteiger partial charge in [-0.25, -0.2) is 0 Å². The fraction of sp³-hybridized carbons (Fsp3) is 0.533. The van der Waals surface area contributed by atoms with Crippen molar-refractivity contribution >= 4 is 17.3 Å². The molecule has 0 spiro atoms. The second kappa shape index (κ2) is 6.11. The number of nitrogens with zero attached hydrogens (tertiary/aromatic N) is 1. The Labute approximate surface area is 114 Å². The van der Waals surface area contributed by atoms with E-state index in [1.54, 1.807) is 6.07 Å². The molecule has 2 rings (SSSR count). The first-order valence-corrected chi connectivity index (χ1v) is 7.07. The molecule has 0 radical (unpaired) electrons. The van der Waals surface area contributed by atoms with Gasteiger partial charge in [0.15, 0.2) is 0 Å². The van der Waals surface area contributed by atoms with Crippen molar-refractivity contribution in [1.29, 1.82) is 5.26 Å². The van der Waals surface area contributed by atoms with E-state index in [0.29, 0.717) is 16.6 Å². The van der Waals surface area contributed by atoms with E-state index < -0.39 is 0 Å². The molecule has 2 nitrogen and oxygen atoms in total. The van der Waals surface area contributed by atoms with E-state index in [9.17, 15) is 0 Å². The maximum absolute atomic E-state index is 9.12. The van der Waals surface area contributed by atoms with Crippen LogP contribution >= 0.6 is 11.6 Å². The van der Waals surface area contributed by atoms with Crippen molar-refractivity contribution < 1.29 is 0 Å². The zero-order chi connectivity index (χ0) is 13.0. The van der Waals surface area contributed by atoms with Crippen LogP contribution in [0.5, 0.6) is 0 Å². The van der Waals surface area contributed by atoms with Crippen LogP contribution in [0, 0.1) is 17.2 Å². The lowest BCUT2D eigenvalue weighted by Crippen LogP contribution is -2.27. The summed E-state index contributed by atoms with van der Waals surface area (Å²) in [5.74, 6) is 0.828. The summed E-state index contributed by atoms with van der Waals surface area (Å²) in [7, 11) is 0. The lowest BCUT2D eigenvalue weighted by Gasteiger charge is -2.30. The summed E-state index contributed by atoms with van der Waals surface area (Å²) in [6.45, 7) is 2.26. The van der Waals surface area contributed by atoms with E-state index >= 15 is 0 Å². The molecule has 3 heteroatoms. The average molecular weight is 263 g/mol. The number of hydrogen-bond acceptors (Lipinski definition) is 2. The molecule has 0 amide bonds. The second-order valence-electron chi connectivity index (χ2n) is 5.08. The van der Waals surface area contributed by atoms with Crippen LogP contribution in [0.25, 0.3) is 0 Å². The third-order valence-electron chi connectivity index (χ3n) is 3.82. The van der Waals surface area contributed by atoms with Crippen molar-refractivity contribution in [1.82, 2.24) is 0 Å². The first-order valence-electron chi connectivity index (χ1n) is 6.69. The van der Waals surface area contributed by atoms with Gasteiger partial charge in [0.25, 0.3) is 0 Å². The molecule has 2 atom stereocenters. The Hall–Kier alpha value is -1.20.